The molecule has 2 unspecified atom stereocenters. The van der Waals surface area contributed by atoms with Gasteiger partial charge >= 0.3 is 30.0 Å². The predicted octanol–water partition coefficient (Wildman–Crippen LogP) is 2.27. The predicted molar refractivity (Wildman–Crippen MR) is 133 cm³/mol. The van der Waals surface area contributed by atoms with Crippen LogP contribution in [0.1, 0.15) is 73.6 Å². The van der Waals surface area contributed by atoms with Gasteiger partial charge in [0.05, 0.1) is 6.61 Å². The molecule has 0 saturated carbocycles. The number of nitrogens with zero attached hydrogens (tertiary/aromatic N) is 1. The lowest BCUT2D eigenvalue weighted by atomic mass is 9.98. The normalized spacial score (nSPS) is 27.6. The van der Waals surface area contributed by atoms with E-state index in [1.807, 2.05) is 13.8 Å². The van der Waals surface area contributed by atoms with Crippen molar-refractivity contribution in [1.82, 2.24) is 4.90 Å². The Morgan fingerprint density at radius 2 is 1.49 bits per heavy atom. The van der Waals surface area contributed by atoms with Crippen molar-refractivity contribution in [2.24, 2.45) is 0 Å². The maximum absolute atomic E-state index is 12.7. The average molecular weight is 560 g/mol. The summed E-state index contributed by atoms with van der Waals surface area (Å²) in [6, 6.07) is -0.138. The van der Waals surface area contributed by atoms with Crippen molar-refractivity contribution in [3.63, 3.8) is 0 Å². The molecule has 2 saturated heterocycles. The zero-order chi connectivity index (χ0) is 29.1. The second-order valence-electron chi connectivity index (χ2n) is 9.67. The first-order valence-electron chi connectivity index (χ1n) is 13.3. The van der Waals surface area contributed by atoms with Gasteiger partial charge in [-0.25, -0.2) is 4.79 Å². The van der Waals surface area contributed by atoms with Crippen LogP contribution in [0, 0.1) is 0 Å². The summed E-state index contributed by atoms with van der Waals surface area (Å²) in [5.74, 6) is -2.75. The monoisotopic (exact) mass is 559 g/mol. The van der Waals surface area contributed by atoms with Crippen LogP contribution >= 0.6 is 0 Å². The second-order valence-corrected chi connectivity index (χ2v) is 9.67. The Labute approximate surface area is 228 Å². The molecule has 2 aliphatic heterocycles. The number of likely N-dealkylation sites (tertiary alicyclic amines) is 1. The summed E-state index contributed by atoms with van der Waals surface area (Å²) in [4.78, 5) is 61.6. The summed E-state index contributed by atoms with van der Waals surface area (Å²) >= 11 is 0. The molecule has 1 amide bonds. The van der Waals surface area contributed by atoms with E-state index in [0.717, 1.165) is 40.0 Å². The Hall–Kier alpha value is -2.93. The molecule has 222 valence electrons. The number of hydrogen-bond acceptors (Lipinski definition) is 12. The highest BCUT2D eigenvalue weighted by atomic mass is 16.7. The maximum Gasteiger partial charge on any atom is 0.410 e. The molecular formula is C26H41NO12. The van der Waals surface area contributed by atoms with Crippen molar-refractivity contribution in [3.8, 4) is 0 Å². The van der Waals surface area contributed by atoms with Gasteiger partial charge in [-0.15, -0.1) is 0 Å². The fourth-order valence-electron chi connectivity index (χ4n) is 4.51. The Kier molecular flexibility index (Phi) is 12.9. The largest absolute Gasteiger partial charge is 0.463 e. The molecule has 13 heteroatoms. The number of hydrogen-bond donors (Lipinski definition) is 0. The summed E-state index contributed by atoms with van der Waals surface area (Å²) in [5.41, 5.74) is 0. The number of carbonyl (C=O) groups is 5. The van der Waals surface area contributed by atoms with Crippen LogP contribution in [0.4, 0.5) is 4.79 Å². The van der Waals surface area contributed by atoms with Crippen LogP contribution in [0.3, 0.4) is 0 Å². The van der Waals surface area contributed by atoms with Gasteiger partial charge in [-0.1, -0.05) is 6.92 Å². The number of carbonyl (C=O) groups excluding carboxylic acids is 5. The van der Waals surface area contributed by atoms with E-state index in [1.54, 1.807) is 4.90 Å². The maximum atomic E-state index is 12.7. The Morgan fingerprint density at radius 1 is 0.872 bits per heavy atom. The molecule has 0 aromatic rings. The number of ether oxygens (including phenoxy) is 7. The quantitative estimate of drug-likeness (QED) is 0.269. The molecule has 2 aliphatic rings. The van der Waals surface area contributed by atoms with E-state index in [2.05, 4.69) is 0 Å². The number of rotatable bonds is 11. The second kappa shape index (κ2) is 15.6. The van der Waals surface area contributed by atoms with Gasteiger partial charge in [0.1, 0.15) is 18.8 Å². The third-order valence-electron chi connectivity index (χ3n) is 6.42. The summed E-state index contributed by atoms with van der Waals surface area (Å²) in [6.07, 6.45) is -3.05. The summed E-state index contributed by atoms with van der Waals surface area (Å²) in [5, 5.41) is 0. The molecular weight excluding hydrogens is 518 g/mol. The van der Waals surface area contributed by atoms with E-state index in [1.165, 1.54) is 6.92 Å². The highest BCUT2D eigenvalue weighted by Gasteiger charge is 2.52. The topological polar surface area (TPSA) is 153 Å². The Morgan fingerprint density at radius 3 is 2.08 bits per heavy atom. The highest BCUT2D eigenvalue weighted by Crippen LogP contribution is 2.30. The van der Waals surface area contributed by atoms with Gasteiger partial charge in [0.2, 0.25) is 0 Å². The molecule has 39 heavy (non-hydrogen) atoms. The highest BCUT2D eigenvalue weighted by molar-refractivity contribution is 5.69. The van der Waals surface area contributed by atoms with Crippen molar-refractivity contribution in [1.29, 1.82) is 0 Å². The molecule has 0 aromatic heterocycles. The fraction of sp³-hybridized carbons (Fsp3) is 0.808. The number of amides is 1. The first-order chi connectivity index (χ1) is 18.4. The van der Waals surface area contributed by atoms with Crippen LogP contribution < -0.4 is 0 Å². The summed E-state index contributed by atoms with van der Waals surface area (Å²) in [6.45, 7) is 8.76. The van der Waals surface area contributed by atoms with Crippen LogP contribution in [0.5, 0.6) is 0 Å². The van der Waals surface area contributed by atoms with Gasteiger partial charge in [-0.3, -0.25) is 19.2 Å². The molecule has 0 radical (unpaired) electrons. The van der Waals surface area contributed by atoms with E-state index in [0.29, 0.717) is 19.4 Å². The van der Waals surface area contributed by atoms with Crippen molar-refractivity contribution >= 4 is 30.0 Å². The first kappa shape index (κ1) is 32.3. The lowest BCUT2D eigenvalue weighted by Crippen LogP contribution is -2.63. The molecule has 0 aliphatic carbocycles. The Balaban J connectivity index is 2.22. The van der Waals surface area contributed by atoms with Crippen molar-refractivity contribution in [2.45, 2.75) is 116 Å². The van der Waals surface area contributed by atoms with Crippen LogP contribution in [0.2, 0.25) is 0 Å². The fourth-order valence-corrected chi connectivity index (χ4v) is 4.51. The van der Waals surface area contributed by atoms with Crippen molar-refractivity contribution in [3.05, 3.63) is 0 Å². The van der Waals surface area contributed by atoms with Gasteiger partial charge < -0.3 is 38.1 Å². The zero-order valence-corrected chi connectivity index (χ0v) is 23.5. The number of esters is 4. The molecule has 0 aromatic carbocycles. The summed E-state index contributed by atoms with van der Waals surface area (Å²) in [7, 11) is 0. The van der Waals surface area contributed by atoms with Gasteiger partial charge in [0, 0.05) is 40.3 Å². The smallest absolute Gasteiger partial charge is 0.410 e. The van der Waals surface area contributed by atoms with Gasteiger partial charge in [-0.05, 0) is 39.0 Å². The Bertz CT molecular complexity index is 864. The minimum atomic E-state index is -1.30. The van der Waals surface area contributed by atoms with Gasteiger partial charge in [0.25, 0.3) is 0 Å². The van der Waals surface area contributed by atoms with Crippen LogP contribution in [-0.4, -0.2) is 97.5 Å². The first-order valence-corrected chi connectivity index (χ1v) is 13.3. The SMILES string of the molecule is CCC(C)OC(=O)N1CCCCC1CCO[C@@H]1O[C@H](COC(C)=O)[C@@H](OC(C)=O)[C@H](OC(C)=O)[C@H]1OC(C)=O. The average Bonchev–Trinajstić information content (AvgIpc) is 2.85. The summed E-state index contributed by atoms with van der Waals surface area (Å²) < 4.78 is 38.7. The molecule has 0 bridgehead atoms. The van der Waals surface area contributed by atoms with E-state index < -0.39 is 54.6 Å². The van der Waals surface area contributed by atoms with Crippen molar-refractivity contribution < 1.29 is 57.1 Å². The molecule has 2 rings (SSSR count). The lowest BCUT2D eigenvalue weighted by molar-refractivity contribution is -0.308. The van der Waals surface area contributed by atoms with E-state index in [4.69, 9.17) is 33.2 Å². The molecule has 7 atom stereocenters. The third-order valence-corrected chi connectivity index (χ3v) is 6.42. The molecule has 2 fully saturated rings. The molecule has 0 N–H and O–H groups in total. The van der Waals surface area contributed by atoms with Gasteiger partial charge in [0.15, 0.2) is 24.6 Å². The van der Waals surface area contributed by atoms with Crippen LogP contribution in [0.25, 0.3) is 0 Å². The molecule has 13 nitrogen and oxygen atoms in total. The van der Waals surface area contributed by atoms with E-state index in [9.17, 15) is 24.0 Å². The third kappa shape index (κ3) is 10.3. The minimum absolute atomic E-state index is 0.0888. The lowest BCUT2D eigenvalue weighted by Gasteiger charge is -2.44. The molecule has 0 spiro atoms. The minimum Gasteiger partial charge on any atom is -0.463 e. The van der Waals surface area contributed by atoms with Crippen LogP contribution in [-0.2, 0) is 52.3 Å². The zero-order valence-electron chi connectivity index (χ0n) is 23.5. The molecule has 2 heterocycles. The van der Waals surface area contributed by atoms with E-state index in [-0.39, 0.29) is 31.5 Å². The number of piperidine rings is 1. The van der Waals surface area contributed by atoms with Gasteiger partial charge in [-0.2, -0.15) is 0 Å². The standard InChI is InChI=1S/C26H41NO12/c1-7-15(2)35-26(32)27-12-9-8-10-20(27)11-13-33-25-24(38-19(6)31)23(37-18(5)30)22(36-17(4)29)21(39-25)14-34-16(3)28/h15,20-25H,7-14H2,1-6H3/t15?,20?,21-,22-,23+,24-,25-/m1/s1. The van der Waals surface area contributed by atoms with Crippen molar-refractivity contribution in [2.75, 3.05) is 19.8 Å². The van der Waals surface area contributed by atoms with E-state index >= 15 is 0 Å². The van der Waals surface area contributed by atoms with Crippen LogP contribution in [0.15, 0.2) is 0 Å².